The molecule has 2 aromatic carbocycles. The van der Waals surface area contributed by atoms with Crippen LogP contribution in [0, 0.1) is 17.0 Å². The van der Waals surface area contributed by atoms with Gasteiger partial charge in [0.15, 0.2) is 5.13 Å². The maximum atomic E-state index is 13.2. The van der Waals surface area contributed by atoms with E-state index >= 15 is 0 Å². The van der Waals surface area contributed by atoms with Crippen molar-refractivity contribution in [2.75, 3.05) is 32.1 Å². The highest BCUT2D eigenvalue weighted by atomic mass is 32.1. The maximum absolute atomic E-state index is 13.2. The number of anilines is 1. The third-order valence-corrected chi connectivity index (χ3v) is 5.44. The number of nitrogens with zero attached hydrogens (tertiary/aromatic N) is 4. The molecule has 0 N–H and O–H groups in total. The first-order chi connectivity index (χ1) is 13.4. The molecule has 0 spiro atoms. The summed E-state index contributed by atoms with van der Waals surface area (Å²) >= 11 is 1.48. The van der Waals surface area contributed by atoms with E-state index in [4.69, 9.17) is 4.98 Å². The highest BCUT2D eigenvalue weighted by Crippen LogP contribution is 2.31. The van der Waals surface area contributed by atoms with E-state index in [9.17, 15) is 14.9 Å². The van der Waals surface area contributed by atoms with Gasteiger partial charge in [-0.15, -0.1) is 0 Å². The number of rotatable bonds is 7. The van der Waals surface area contributed by atoms with Crippen LogP contribution in [0.2, 0.25) is 0 Å². The molecule has 0 radical (unpaired) electrons. The Morgan fingerprint density at radius 2 is 1.86 bits per heavy atom. The van der Waals surface area contributed by atoms with Gasteiger partial charge >= 0.3 is 0 Å². The van der Waals surface area contributed by atoms with Gasteiger partial charge in [-0.3, -0.25) is 19.8 Å². The predicted octanol–water partition coefficient (Wildman–Crippen LogP) is 4.11. The van der Waals surface area contributed by atoms with Crippen molar-refractivity contribution in [3.63, 3.8) is 0 Å². The van der Waals surface area contributed by atoms with Crippen molar-refractivity contribution in [1.82, 2.24) is 9.88 Å². The smallest absolute Gasteiger partial charge is 0.269 e. The Balaban J connectivity index is 1.94. The molecule has 0 saturated heterocycles. The summed E-state index contributed by atoms with van der Waals surface area (Å²) in [5.41, 5.74) is 2.34. The Hall–Kier alpha value is -2.84. The van der Waals surface area contributed by atoms with E-state index in [1.807, 2.05) is 39.2 Å². The van der Waals surface area contributed by atoms with Gasteiger partial charge in [-0.25, -0.2) is 4.98 Å². The number of hydrogen-bond acceptors (Lipinski definition) is 6. The quantitative estimate of drug-likeness (QED) is 0.442. The standard InChI is InChI=1S/C20H22N4O3S/c1-14-6-4-7-17-18(14)21-20(28-17)23(13-5-12-22(2)3)19(25)15-8-10-16(11-9-15)24(26)27/h4,6-11H,5,12-13H2,1-3H3. The molecular weight excluding hydrogens is 376 g/mol. The van der Waals surface area contributed by atoms with Gasteiger partial charge in [0.2, 0.25) is 0 Å². The number of nitro benzene ring substituents is 1. The fourth-order valence-corrected chi connectivity index (χ4v) is 3.97. The van der Waals surface area contributed by atoms with Gasteiger partial charge < -0.3 is 4.90 Å². The van der Waals surface area contributed by atoms with E-state index in [1.165, 1.54) is 35.6 Å². The van der Waals surface area contributed by atoms with Crippen molar-refractivity contribution in [2.45, 2.75) is 13.3 Å². The first kappa shape index (κ1) is 19.9. The van der Waals surface area contributed by atoms with Crippen molar-refractivity contribution >= 4 is 38.3 Å². The zero-order valence-electron chi connectivity index (χ0n) is 16.1. The number of carbonyl (C=O) groups excluding carboxylic acids is 1. The normalized spacial score (nSPS) is 11.1. The molecule has 146 valence electrons. The van der Waals surface area contributed by atoms with Gasteiger partial charge in [0.1, 0.15) is 0 Å². The number of carbonyl (C=O) groups is 1. The van der Waals surface area contributed by atoms with Gasteiger partial charge in [-0.05, 0) is 57.7 Å². The third kappa shape index (κ3) is 4.35. The van der Waals surface area contributed by atoms with E-state index < -0.39 is 4.92 Å². The minimum Gasteiger partial charge on any atom is -0.309 e. The number of non-ortho nitro benzene ring substituents is 1. The predicted molar refractivity (Wildman–Crippen MR) is 112 cm³/mol. The summed E-state index contributed by atoms with van der Waals surface area (Å²) < 4.78 is 1.03. The second-order valence-electron chi connectivity index (χ2n) is 6.84. The molecule has 8 heteroatoms. The van der Waals surface area contributed by atoms with E-state index in [0.29, 0.717) is 17.2 Å². The highest BCUT2D eigenvalue weighted by molar-refractivity contribution is 7.22. The first-order valence-electron chi connectivity index (χ1n) is 8.94. The van der Waals surface area contributed by atoms with Gasteiger partial charge in [0.05, 0.1) is 15.1 Å². The number of fused-ring (bicyclic) bond motifs is 1. The summed E-state index contributed by atoms with van der Waals surface area (Å²) in [4.78, 5) is 32.0. The molecular formula is C20H22N4O3S. The van der Waals surface area contributed by atoms with Crippen molar-refractivity contribution in [3.05, 3.63) is 63.7 Å². The number of benzene rings is 2. The Morgan fingerprint density at radius 1 is 1.14 bits per heavy atom. The van der Waals surface area contributed by atoms with Gasteiger partial charge in [-0.2, -0.15) is 0 Å². The van der Waals surface area contributed by atoms with E-state index in [0.717, 1.165) is 28.7 Å². The minimum atomic E-state index is -0.473. The summed E-state index contributed by atoms with van der Waals surface area (Å²) in [6.45, 7) is 3.36. The van der Waals surface area contributed by atoms with Gasteiger partial charge in [-0.1, -0.05) is 23.5 Å². The second-order valence-corrected chi connectivity index (χ2v) is 7.84. The maximum Gasteiger partial charge on any atom is 0.269 e. The number of amides is 1. The monoisotopic (exact) mass is 398 g/mol. The van der Waals surface area contributed by atoms with Crippen LogP contribution in [-0.2, 0) is 0 Å². The van der Waals surface area contributed by atoms with Crippen LogP contribution in [0.3, 0.4) is 0 Å². The van der Waals surface area contributed by atoms with Crippen LogP contribution < -0.4 is 4.90 Å². The van der Waals surface area contributed by atoms with Crippen LogP contribution in [0.5, 0.6) is 0 Å². The van der Waals surface area contributed by atoms with E-state index in [1.54, 1.807) is 4.90 Å². The van der Waals surface area contributed by atoms with Crippen LogP contribution in [0.4, 0.5) is 10.8 Å². The average Bonchev–Trinajstić information content (AvgIpc) is 3.10. The zero-order chi connectivity index (χ0) is 20.3. The van der Waals surface area contributed by atoms with Crippen LogP contribution in [-0.4, -0.2) is 47.9 Å². The molecule has 0 unspecified atom stereocenters. The molecule has 0 aliphatic heterocycles. The molecule has 3 rings (SSSR count). The number of nitro groups is 1. The molecule has 0 aliphatic carbocycles. The molecule has 1 heterocycles. The third-order valence-electron chi connectivity index (χ3n) is 4.40. The van der Waals surface area contributed by atoms with Crippen LogP contribution in [0.25, 0.3) is 10.2 Å². The molecule has 28 heavy (non-hydrogen) atoms. The molecule has 7 nitrogen and oxygen atoms in total. The Labute approximate surface area is 167 Å². The molecule has 0 saturated carbocycles. The van der Waals surface area contributed by atoms with Crippen LogP contribution >= 0.6 is 11.3 Å². The topological polar surface area (TPSA) is 79.6 Å². The van der Waals surface area contributed by atoms with Gasteiger partial charge in [0.25, 0.3) is 11.6 Å². The average molecular weight is 398 g/mol. The molecule has 0 atom stereocenters. The van der Waals surface area contributed by atoms with Gasteiger partial charge in [0, 0.05) is 24.2 Å². The summed E-state index contributed by atoms with van der Waals surface area (Å²) in [6, 6.07) is 11.7. The minimum absolute atomic E-state index is 0.0358. The van der Waals surface area contributed by atoms with E-state index in [2.05, 4.69) is 4.90 Å². The lowest BCUT2D eigenvalue weighted by atomic mass is 10.2. The second kappa shape index (κ2) is 8.45. The molecule has 0 fully saturated rings. The van der Waals surface area contributed by atoms with Crippen molar-refractivity contribution in [1.29, 1.82) is 0 Å². The molecule has 1 aromatic heterocycles. The number of hydrogen-bond donors (Lipinski definition) is 0. The fourth-order valence-electron chi connectivity index (χ4n) is 2.90. The Morgan fingerprint density at radius 3 is 2.46 bits per heavy atom. The summed E-state index contributed by atoms with van der Waals surface area (Å²) in [5, 5.41) is 11.5. The number of thiazole rings is 1. The van der Waals surface area contributed by atoms with E-state index in [-0.39, 0.29) is 11.6 Å². The summed E-state index contributed by atoms with van der Waals surface area (Å²) in [7, 11) is 3.98. The highest BCUT2D eigenvalue weighted by Gasteiger charge is 2.22. The number of aryl methyl sites for hydroxylation is 1. The SMILES string of the molecule is Cc1cccc2sc(N(CCCN(C)C)C(=O)c3ccc([N+](=O)[O-])cc3)nc12. The molecule has 3 aromatic rings. The molecule has 0 aliphatic rings. The lowest BCUT2D eigenvalue weighted by Gasteiger charge is -2.21. The lowest BCUT2D eigenvalue weighted by molar-refractivity contribution is -0.384. The summed E-state index contributed by atoms with van der Waals surface area (Å²) in [5.74, 6) is -0.203. The van der Waals surface area contributed by atoms with Crippen LogP contribution in [0.15, 0.2) is 42.5 Å². The zero-order valence-corrected chi connectivity index (χ0v) is 16.9. The Bertz CT molecular complexity index is 998. The molecule has 0 bridgehead atoms. The van der Waals surface area contributed by atoms with Crippen molar-refractivity contribution < 1.29 is 9.72 Å². The lowest BCUT2D eigenvalue weighted by Crippen LogP contribution is -2.33. The van der Waals surface area contributed by atoms with Crippen molar-refractivity contribution in [2.24, 2.45) is 0 Å². The largest absolute Gasteiger partial charge is 0.309 e. The number of para-hydroxylation sites is 1. The van der Waals surface area contributed by atoms with Crippen molar-refractivity contribution in [3.8, 4) is 0 Å². The first-order valence-corrected chi connectivity index (χ1v) is 9.75. The number of aromatic nitrogens is 1. The summed E-state index contributed by atoms with van der Waals surface area (Å²) in [6.07, 6.45) is 0.792. The fraction of sp³-hybridized carbons (Fsp3) is 0.300. The van der Waals surface area contributed by atoms with Crippen LogP contribution in [0.1, 0.15) is 22.3 Å². The molecule has 1 amide bonds. The Kier molecular flexibility index (Phi) is 6.01.